The molecule has 0 bridgehead atoms. The average Bonchev–Trinajstić information content (AvgIpc) is 3.50. The van der Waals surface area contributed by atoms with Crippen molar-refractivity contribution in [2.24, 2.45) is 4.99 Å². The number of aromatic amines is 1. The maximum absolute atomic E-state index is 13.9. The molecule has 0 saturated carbocycles. The first-order valence-corrected chi connectivity index (χ1v) is 14.7. The maximum Gasteiger partial charge on any atom is 0.338 e. The highest BCUT2D eigenvalue weighted by atomic mass is 32.2. The number of thiazole rings is 1. The topological polar surface area (TPSA) is 129 Å². The monoisotopic (exact) mass is 592 g/mol. The highest BCUT2D eigenvalue weighted by Gasteiger charge is 2.35. The third kappa shape index (κ3) is 5.84. The first-order valence-electron chi connectivity index (χ1n) is 13.0. The van der Waals surface area contributed by atoms with Crippen LogP contribution < -0.4 is 25.2 Å². The molecular formula is C29H28N4O6S2. The van der Waals surface area contributed by atoms with Crippen LogP contribution in [0.5, 0.6) is 5.75 Å². The number of aryl methyl sites for hydroxylation is 1. The van der Waals surface area contributed by atoms with E-state index >= 15 is 0 Å². The summed E-state index contributed by atoms with van der Waals surface area (Å²) < 4.78 is 18.9. The van der Waals surface area contributed by atoms with Gasteiger partial charge in [0.25, 0.3) is 11.1 Å². The third-order valence-corrected chi connectivity index (χ3v) is 8.04. The van der Waals surface area contributed by atoms with Gasteiger partial charge < -0.3 is 18.9 Å². The number of H-pyrrole nitrogens is 1. The number of hydrogen-bond acceptors (Lipinski definition) is 10. The van der Waals surface area contributed by atoms with Crippen LogP contribution in [-0.4, -0.2) is 34.2 Å². The Bertz CT molecular complexity index is 1880. The lowest BCUT2D eigenvalue weighted by Crippen LogP contribution is -2.40. The van der Waals surface area contributed by atoms with E-state index in [-0.39, 0.29) is 17.7 Å². The minimum Gasteiger partial charge on any atom is -0.496 e. The number of aromatic nitrogens is 3. The predicted octanol–water partition coefficient (Wildman–Crippen LogP) is 3.72. The summed E-state index contributed by atoms with van der Waals surface area (Å²) in [5.74, 6) is 0.475. The number of nitrogens with zero attached hydrogens (tertiary/aromatic N) is 3. The smallest absolute Gasteiger partial charge is 0.338 e. The number of ether oxygens (including phenoxy) is 2. The molecule has 12 heteroatoms. The van der Waals surface area contributed by atoms with Crippen molar-refractivity contribution >= 4 is 35.1 Å². The number of para-hydroxylation sites is 1. The number of hydrogen-bond donors (Lipinski definition) is 1. The van der Waals surface area contributed by atoms with Crippen molar-refractivity contribution in [1.29, 1.82) is 0 Å². The molecule has 0 radical (unpaired) electrons. The van der Waals surface area contributed by atoms with Gasteiger partial charge in [0.2, 0.25) is 0 Å². The number of esters is 1. The van der Waals surface area contributed by atoms with Gasteiger partial charge >= 0.3 is 5.97 Å². The van der Waals surface area contributed by atoms with Crippen molar-refractivity contribution in [2.45, 2.75) is 49.9 Å². The van der Waals surface area contributed by atoms with Gasteiger partial charge in [-0.25, -0.2) is 14.8 Å². The summed E-state index contributed by atoms with van der Waals surface area (Å²) >= 11 is 2.39. The number of rotatable bonds is 9. The van der Waals surface area contributed by atoms with E-state index in [2.05, 4.69) is 9.97 Å². The Morgan fingerprint density at radius 1 is 1.22 bits per heavy atom. The van der Waals surface area contributed by atoms with E-state index in [1.165, 1.54) is 33.7 Å². The molecular weight excluding hydrogens is 564 g/mol. The number of methoxy groups -OCH3 is 1. The summed E-state index contributed by atoms with van der Waals surface area (Å²) in [6.45, 7) is 5.68. The van der Waals surface area contributed by atoms with Gasteiger partial charge in [-0.3, -0.25) is 14.2 Å². The quantitative estimate of drug-likeness (QED) is 0.230. The van der Waals surface area contributed by atoms with E-state index in [0.717, 1.165) is 6.42 Å². The van der Waals surface area contributed by atoms with Crippen LogP contribution in [0.1, 0.15) is 49.7 Å². The first-order chi connectivity index (χ1) is 19.8. The average molecular weight is 593 g/mol. The van der Waals surface area contributed by atoms with E-state index in [0.29, 0.717) is 60.0 Å². The molecule has 4 heterocycles. The van der Waals surface area contributed by atoms with Crippen LogP contribution in [0.15, 0.2) is 83.0 Å². The largest absolute Gasteiger partial charge is 0.496 e. The first kappa shape index (κ1) is 28.4. The Kier molecular flexibility index (Phi) is 8.41. The molecule has 1 aromatic carbocycles. The molecule has 1 atom stereocenters. The number of allylic oxidation sites excluding steroid dienone is 1. The second-order valence-corrected chi connectivity index (χ2v) is 11.1. The Hall–Kier alpha value is -4.16. The lowest BCUT2D eigenvalue weighted by molar-refractivity contribution is -0.139. The predicted molar refractivity (Wildman–Crippen MR) is 155 cm³/mol. The molecule has 0 aliphatic carbocycles. The van der Waals surface area contributed by atoms with Crippen LogP contribution in [0.25, 0.3) is 6.08 Å². The number of furan rings is 1. The van der Waals surface area contributed by atoms with Gasteiger partial charge in [-0.05, 0) is 50.2 Å². The van der Waals surface area contributed by atoms with E-state index in [1.54, 1.807) is 45.2 Å². The summed E-state index contributed by atoms with van der Waals surface area (Å²) in [7, 11) is 1.55. The summed E-state index contributed by atoms with van der Waals surface area (Å²) in [6.07, 6.45) is 2.94. The van der Waals surface area contributed by atoms with E-state index in [1.807, 2.05) is 25.1 Å². The molecule has 4 aromatic rings. The maximum atomic E-state index is 13.9. The summed E-state index contributed by atoms with van der Waals surface area (Å²) in [6, 6.07) is 11.4. The fraction of sp³-hybridized carbons (Fsp3) is 0.276. The van der Waals surface area contributed by atoms with Crippen LogP contribution in [0.2, 0.25) is 0 Å². The Balaban J connectivity index is 1.63. The molecule has 0 spiro atoms. The lowest BCUT2D eigenvalue weighted by atomic mass is 9.93. The van der Waals surface area contributed by atoms with Gasteiger partial charge in [0.05, 0.1) is 29.5 Å². The van der Waals surface area contributed by atoms with Gasteiger partial charge in [0.15, 0.2) is 15.1 Å². The number of benzene rings is 1. The summed E-state index contributed by atoms with van der Waals surface area (Å²) in [4.78, 5) is 51.3. The second-order valence-electron chi connectivity index (χ2n) is 9.11. The number of nitrogens with one attached hydrogen (secondary N) is 1. The van der Waals surface area contributed by atoms with Crippen molar-refractivity contribution in [3.63, 3.8) is 0 Å². The van der Waals surface area contributed by atoms with Gasteiger partial charge in [-0.1, -0.05) is 42.9 Å². The molecule has 10 nitrogen and oxygen atoms in total. The Morgan fingerprint density at radius 2 is 2.02 bits per heavy atom. The zero-order chi connectivity index (χ0) is 29.1. The SMILES string of the molecule is CCCC1=C(C(=O)OCC)[C@@H](c2ccccc2OC)n2c(s/c(=C/c3ccc(Sc4nc(C)cc(=O)[nH]4)o3)c2=O)=N1. The van der Waals surface area contributed by atoms with Crippen LogP contribution in [0, 0.1) is 6.92 Å². The van der Waals surface area contributed by atoms with Crippen LogP contribution in [0.4, 0.5) is 0 Å². The highest BCUT2D eigenvalue weighted by molar-refractivity contribution is 7.99. The van der Waals surface area contributed by atoms with Crippen molar-refractivity contribution in [3.8, 4) is 5.75 Å². The summed E-state index contributed by atoms with van der Waals surface area (Å²) in [5, 5.41) is 0.904. The lowest BCUT2D eigenvalue weighted by Gasteiger charge is -2.26. The normalized spacial score (nSPS) is 15.0. The van der Waals surface area contributed by atoms with Crippen LogP contribution >= 0.6 is 23.1 Å². The molecule has 212 valence electrons. The fourth-order valence-electron chi connectivity index (χ4n) is 4.60. The Morgan fingerprint density at radius 3 is 2.76 bits per heavy atom. The molecule has 1 N–H and O–H groups in total. The molecule has 1 aliphatic rings. The van der Waals surface area contributed by atoms with Gasteiger partial charge in [-0.15, -0.1) is 0 Å². The molecule has 41 heavy (non-hydrogen) atoms. The summed E-state index contributed by atoms with van der Waals surface area (Å²) in [5.41, 5.74) is 1.60. The number of carbonyl (C=O) groups excluding carboxylic acids is 1. The van der Waals surface area contributed by atoms with Gasteiger partial charge in [-0.2, -0.15) is 0 Å². The minimum absolute atomic E-state index is 0.190. The fourth-order valence-corrected chi connectivity index (χ4v) is 6.40. The molecule has 1 aliphatic heterocycles. The van der Waals surface area contributed by atoms with E-state index in [9.17, 15) is 14.4 Å². The molecule has 0 saturated heterocycles. The van der Waals surface area contributed by atoms with Crippen molar-refractivity contribution < 1.29 is 18.7 Å². The van der Waals surface area contributed by atoms with Crippen molar-refractivity contribution in [1.82, 2.24) is 14.5 Å². The van der Waals surface area contributed by atoms with Crippen LogP contribution in [0.3, 0.4) is 0 Å². The van der Waals surface area contributed by atoms with Crippen molar-refractivity contribution in [2.75, 3.05) is 13.7 Å². The number of fused-ring (bicyclic) bond motifs is 1. The van der Waals surface area contributed by atoms with Gasteiger partial charge in [0.1, 0.15) is 17.6 Å². The van der Waals surface area contributed by atoms with Gasteiger partial charge in [0, 0.05) is 23.4 Å². The minimum atomic E-state index is -0.780. The second kappa shape index (κ2) is 12.1. The molecule has 0 amide bonds. The van der Waals surface area contributed by atoms with Crippen molar-refractivity contribution in [3.05, 3.63) is 101 Å². The van der Waals surface area contributed by atoms with E-state index < -0.39 is 12.0 Å². The molecule has 0 unspecified atom stereocenters. The zero-order valence-electron chi connectivity index (χ0n) is 22.9. The van der Waals surface area contributed by atoms with Crippen LogP contribution in [-0.2, 0) is 9.53 Å². The molecule has 3 aromatic heterocycles. The van der Waals surface area contributed by atoms with E-state index in [4.69, 9.17) is 18.9 Å². The third-order valence-electron chi connectivity index (χ3n) is 6.25. The highest BCUT2D eigenvalue weighted by Crippen LogP contribution is 2.37. The Labute approximate surface area is 243 Å². The molecule has 0 fully saturated rings. The zero-order valence-corrected chi connectivity index (χ0v) is 24.6. The number of carbonyl (C=O) groups is 1. The standard InChI is InChI=1S/C29H28N4O6S2/c1-5-9-19-24(27(36)38-6-2)25(18-10-7-8-11-20(18)37-4)33-26(35)21(40-29(33)31-19)15-17-12-13-23(39-17)41-28-30-16(3)14-22(34)32-28/h7-8,10-15,25H,5-6,9H2,1-4H3,(H,30,32,34)/b21-15+/t25-/m1/s1. The molecule has 5 rings (SSSR count).